The van der Waals surface area contributed by atoms with Crippen LogP contribution in [-0.4, -0.2) is 26.0 Å². The molecule has 3 aromatic heterocycles. The van der Waals surface area contributed by atoms with E-state index >= 15 is 0 Å². The molecular formula is C12H10N4O. The maximum absolute atomic E-state index is 10.7. The first kappa shape index (κ1) is 9.77. The second kappa shape index (κ2) is 3.55. The molecule has 3 rings (SSSR count). The van der Waals surface area contributed by atoms with Crippen molar-refractivity contribution in [2.24, 2.45) is 7.05 Å². The number of H-pyrrole nitrogens is 1. The minimum atomic E-state index is 0.578. The Hall–Kier alpha value is -2.43. The van der Waals surface area contributed by atoms with Gasteiger partial charge in [-0.3, -0.25) is 9.48 Å². The largest absolute Gasteiger partial charge is 0.339 e. The summed E-state index contributed by atoms with van der Waals surface area (Å²) in [5.41, 5.74) is 3.30. The monoisotopic (exact) mass is 226 g/mol. The minimum Gasteiger partial charge on any atom is -0.339 e. The van der Waals surface area contributed by atoms with E-state index in [1.165, 1.54) is 0 Å². The van der Waals surface area contributed by atoms with Gasteiger partial charge in [0.15, 0.2) is 6.29 Å². The normalized spacial score (nSPS) is 10.9. The number of aromatic amines is 1. The summed E-state index contributed by atoms with van der Waals surface area (Å²) in [6.07, 6.45) is 6.05. The number of hydrogen-bond acceptors (Lipinski definition) is 3. The van der Waals surface area contributed by atoms with Crippen molar-refractivity contribution in [1.82, 2.24) is 19.7 Å². The second-order valence-corrected chi connectivity index (χ2v) is 3.91. The SMILES string of the molecule is Cn1cc(-c2cc3cc(C=O)cnc3[nH]2)cn1. The van der Waals surface area contributed by atoms with Gasteiger partial charge in [-0.15, -0.1) is 0 Å². The Balaban J connectivity index is 2.16. The molecule has 5 heteroatoms. The highest BCUT2D eigenvalue weighted by molar-refractivity contribution is 5.87. The third-order valence-electron chi connectivity index (χ3n) is 2.64. The molecule has 0 aliphatic heterocycles. The zero-order valence-corrected chi connectivity index (χ0v) is 9.21. The van der Waals surface area contributed by atoms with Gasteiger partial charge in [-0.1, -0.05) is 0 Å². The standard InChI is InChI=1S/C12H10N4O/c1-16-6-10(5-14-16)11-3-9-2-8(7-17)4-13-12(9)15-11/h2-7H,1H3,(H,13,15). The number of aryl methyl sites for hydroxylation is 1. The van der Waals surface area contributed by atoms with E-state index in [1.54, 1.807) is 17.1 Å². The molecule has 1 N–H and O–H groups in total. The quantitative estimate of drug-likeness (QED) is 0.677. The maximum Gasteiger partial charge on any atom is 0.151 e. The lowest BCUT2D eigenvalue weighted by molar-refractivity contribution is 0.112. The smallest absolute Gasteiger partial charge is 0.151 e. The number of nitrogens with one attached hydrogen (secondary N) is 1. The molecule has 0 fully saturated rings. The molecule has 0 aromatic carbocycles. The van der Waals surface area contributed by atoms with Gasteiger partial charge in [0.05, 0.1) is 11.9 Å². The number of carbonyl (C=O) groups is 1. The lowest BCUT2D eigenvalue weighted by atomic mass is 10.2. The molecule has 0 saturated heterocycles. The molecule has 5 nitrogen and oxygen atoms in total. The Morgan fingerprint density at radius 1 is 1.35 bits per heavy atom. The summed E-state index contributed by atoms with van der Waals surface area (Å²) >= 11 is 0. The molecule has 0 atom stereocenters. The summed E-state index contributed by atoms with van der Waals surface area (Å²) in [6, 6.07) is 3.78. The molecular weight excluding hydrogens is 216 g/mol. The van der Waals surface area contributed by atoms with Gasteiger partial charge in [-0.2, -0.15) is 5.10 Å². The van der Waals surface area contributed by atoms with E-state index in [0.717, 1.165) is 28.6 Å². The highest BCUT2D eigenvalue weighted by atomic mass is 16.1. The van der Waals surface area contributed by atoms with E-state index < -0.39 is 0 Å². The summed E-state index contributed by atoms with van der Waals surface area (Å²) in [5, 5.41) is 5.04. The summed E-state index contributed by atoms with van der Waals surface area (Å²) in [7, 11) is 1.87. The van der Waals surface area contributed by atoms with Crippen molar-refractivity contribution in [2.45, 2.75) is 0 Å². The van der Waals surface area contributed by atoms with Gasteiger partial charge in [0, 0.05) is 36.0 Å². The lowest BCUT2D eigenvalue weighted by Crippen LogP contribution is -1.84. The van der Waals surface area contributed by atoms with Gasteiger partial charge in [-0.25, -0.2) is 4.98 Å². The molecule has 0 saturated carbocycles. The lowest BCUT2D eigenvalue weighted by Gasteiger charge is -1.89. The van der Waals surface area contributed by atoms with Crippen LogP contribution in [0.15, 0.2) is 30.7 Å². The molecule has 3 aromatic rings. The van der Waals surface area contributed by atoms with Crippen molar-refractivity contribution in [1.29, 1.82) is 0 Å². The van der Waals surface area contributed by atoms with E-state index in [1.807, 2.05) is 25.4 Å². The van der Waals surface area contributed by atoms with Gasteiger partial charge >= 0.3 is 0 Å². The number of hydrogen-bond donors (Lipinski definition) is 1. The third-order valence-corrected chi connectivity index (χ3v) is 2.64. The van der Waals surface area contributed by atoms with Crippen LogP contribution >= 0.6 is 0 Å². The first-order valence-corrected chi connectivity index (χ1v) is 5.19. The van der Waals surface area contributed by atoms with Gasteiger partial charge < -0.3 is 4.98 Å². The molecule has 0 radical (unpaired) electrons. The fraction of sp³-hybridized carbons (Fsp3) is 0.0833. The summed E-state index contributed by atoms with van der Waals surface area (Å²) < 4.78 is 1.74. The van der Waals surface area contributed by atoms with Gasteiger partial charge in [0.2, 0.25) is 0 Å². The number of fused-ring (bicyclic) bond motifs is 1. The van der Waals surface area contributed by atoms with E-state index in [-0.39, 0.29) is 0 Å². The predicted octanol–water partition coefficient (Wildman–Crippen LogP) is 1.78. The second-order valence-electron chi connectivity index (χ2n) is 3.91. The first-order chi connectivity index (χ1) is 8.26. The number of rotatable bonds is 2. The van der Waals surface area contributed by atoms with E-state index in [0.29, 0.717) is 5.56 Å². The molecule has 0 spiro atoms. The average molecular weight is 226 g/mol. The van der Waals surface area contributed by atoms with Gasteiger partial charge in [-0.05, 0) is 12.1 Å². The highest BCUT2D eigenvalue weighted by Gasteiger charge is 2.06. The molecule has 0 aliphatic carbocycles. The van der Waals surface area contributed by atoms with Crippen molar-refractivity contribution in [3.63, 3.8) is 0 Å². The Morgan fingerprint density at radius 3 is 2.94 bits per heavy atom. The summed E-state index contributed by atoms with van der Waals surface area (Å²) in [5.74, 6) is 0. The Bertz CT molecular complexity index is 695. The molecule has 0 aliphatic rings. The fourth-order valence-corrected chi connectivity index (χ4v) is 1.81. The maximum atomic E-state index is 10.7. The van der Waals surface area contributed by atoms with E-state index in [9.17, 15) is 4.79 Å². The van der Waals surface area contributed by atoms with Crippen LogP contribution in [0.25, 0.3) is 22.3 Å². The Morgan fingerprint density at radius 2 is 2.24 bits per heavy atom. The van der Waals surface area contributed by atoms with Crippen LogP contribution in [0.1, 0.15) is 10.4 Å². The minimum absolute atomic E-state index is 0.578. The molecule has 84 valence electrons. The van der Waals surface area contributed by atoms with Crippen molar-refractivity contribution >= 4 is 17.3 Å². The van der Waals surface area contributed by atoms with E-state index in [4.69, 9.17) is 0 Å². The Labute approximate surface area is 97.1 Å². The predicted molar refractivity (Wildman–Crippen MR) is 63.7 cm³/mol. The third kappa shape index (κ3) is 1.61. The zero-order chi connectivity index (χ0) is 11.8. The van der Waals surface area contributed by atoms with Crippen LogP contribution in [0.5, 0.6) is 0 Å². The summed E-state index contributed by atoms with van der Waals surface area (Å²) in [4.78, 5) is 18.1. The topological polar surface area (TPSA) is 63.6 Å². The number of aromatic nitrogens is 4. The molecule has 0 unspecified atom stereocenters. The van der Waals surface area contributed by atoms with Crippen molar-refractivity contribution in [2.75, 3.05) is 0 Å². The number of pyridine rings is 1. The van der Waals surface area contributed by atoms with Gasteiger partial charge in [0.25, 0.3) is 0 Å². The molecule has 3 heterocycles. The van der Waals surface area contributed by atoms with Crippen molar-refractivity contribution < 1.29 is 4.79 Å². The van der Waals surface area contributed by atoms with Crippen LogP contribution in [-0.2, 0) is 7.05 Å². The molecule has 17 heavy (non-hydrogen) atoms. The van der Waals surface area contributed by atoms with Crippen LogP contribution in [0.3, 0.4) is 0 Å². The van der Waals surface area contributed by atoms with Crippen LogP contribution < -0.4 is 0 Å². The van der Waals surface area contributed by atoms with Crippen LogP contribution in [0, 0.1) is 0 Å². The van der Waals surface area contributed by atoms with Crippen LogP contribution in [0.4, 0.5) is 0 Å². The van der Waals surface area contributed by atoms with Gasteiger partial charge in [0.1, 0.15) is 5.65 Å². The number of aldehydes is 1. The highest BCUT2D eigenvalue weighted by Crippen LogP contribution is 2.22. The Kier molecular flexibility index (Phi) is 2.04. The molecule has 0 amide bonds. The van der Waals surface area contributed by atoms with E-state index in [2.05, 4.69) is 15.1 Å². The average Bonchev–Trinajstić information content (AvgIpc) is 2.93. The van der Waals surface area contributed by atoms with Crippen molar-refractivity contribution in [3.05, 3.63) is 36.3 Å². The number of carbonyl (C=O) groups excluding carboxylic acids is 1. The van der Waals surface area contributed by atoms with Crippen molar-refractivity contribution in [3.8, 4) is 11.3 Å². The molecule has 0 bridgehead atoms. The zero-order valence-electron chi connectivity index (χ0n) is 9.21. The summed E-state index contributed by atoms with van der Waals surface area (Å²) in [6.45, 7) is 0. The first-order valence-electron chi connectivity index (χ1n) is 5.19. The fourth-order valence-electron chi connectivity index (χ4n) is 1.81. The van der Waals surface area contributed by atoms with Crippen LogP contribution in [0.2, 0.25) is 0 Å². The number of nitrogens with zero attached hydrogens (tertiary/aromatic N) is 3.